The molecule has 1 aromatic heterocycles. The fraction of sp³-hybridized carbons (Fsp3) is 0.571. The Balaban J connectivity index is 2.90. The van der Waals surface area contributed by atoms with Crippen molar-refractivity contribution >= 4 is 15.8 Å². The summed E-state index contributed by atoms with van der Waals surface area (Å²) in [6, 6.07) is 1.22. The Morgan fingerprint density at radius 3 is 2.38 bits per heavy atom. The van der Waals surface area contributed by atoms with Crippen LogP contribution in [0.4, 0.5) is 19.0 Å². The Morgan fingerprint density at radius 1 is 1.44 bits per heavy atom. The van der Waals surface area contributed by atoms with Gasteiger partial charge in [-0.1, -0.05) is 13.8 Å². The zero-order valence-electron chi connectivity index (χ0n) is 8.46. The molecule has 0 atom stereocenters. The molecular formula is C7H10F3N3O2S. The molecular weight excluding hydrogens is 247 g/mol. The standard InChI is InChI=1S/C7H10F3N3O2S/c1-4(2)5-3-6(12-11-5)13-16(14,15)7(8,9)10/h3-4H,1-2H3,(H2,11,12,13). The van der Waals surface area contributed by atoms with Gasteiger partial charge in [-0.25, -0.2) is 0 Å². The van der Waals surface area contributed by atoms with Crippen molar-refractivity contribution in [3.63, 3.8) is 0 Å². The van der Waals surface area contributed by atoms with Gasteiger partial charge in [-0.2, -0.15) is 26.7 Å². The van der Waals surface area contributed by atoms with Gasteiger partial charge < -0.3 is 0 Å². The van der Waals surface area contributed by atoms with Gasteiger partial charge in [-0.05, 0) is 5.92 Å². The molecule has 1 aromatic rings. The molecule has 1 rings (SSSR count). The van der Waals surface area contributed by atoms with Gasteiger partial charge in [0.15, 0.2) is 5.82 Å². The number of nitrogens with one attached hydrogen (secondary N) is 2. The van der Waals surface area contributed by atoms with Crippen molar-refractivity contribution in [1.29, 1.82) is 0 Å². The SMILES string of the molecule is CC(C)c1cc(NS(=O)(=O)C(F)(F)F)n[nH]1. The molecule has 0 aromatic carbocycles. The molecule has 0 aliphatic carbocycles. The second kappa shape index (κ2) is 3.96. The first-order valence-electron chi connectivity index (χ1n) is 4.28. The lowest BCUT2D eigenvalue weighted by molar-refractivity contribution is -0.0429. The summed E-state index contributed by atoms with van der Waals surface area (Å²) in [5.74, 6) is -0.363. The topological polar surface area (TPSA) is 74.8 Å². The molecule has 0 spiro atoms. The molecule has 0 radical (unpaired) electrons. The number of rotatable bonds is 3. The lowest BCUT2D eigenvalue weighted by atomic mass is 10.1. The smallest absolute Gasteiger partial charge is 0.280 e. The first-order valence-corrected chi connectivity index (χ1v) is 5.76. The summed E-state index contributed by atoms with van der Waals surface area (Å²) in [6.07, 6.45) is 0. The van der Waals surface area contributed by atoms with Gasteiger partial charge in [-0.15, -0.1) is 0 Å². The van der Waals surface area contributed by atoms with Crippen LogP contribution in [0.5, 0.6) is 0 Å². The van der Waals surface area contributed by atoms with Crippen molar-refractivity contribution in [3.8, 4) is 0 Å². The normalized spacial score (nSPS) is 13.1. The second-order valence-corrected chi connectivity index (χ2v) is 5.09. The monoisotopic (exact) mass is 257 g/mol. The number of sulfonamides is 1. The highest BCUT2D eigenvalue weighted by Gasteiger charge is 2.46. The first-order chi connectivity index (χ1) is 7.13. The zero-order valence-corrected chi connectivity index (χ0v) is 9.28. The molecule has 16 heavy (non-hydrogen) atoms. The van der Waals surface area contributed by atoms with Crippen molar-refractivity contribution in [1.82, 2.24) is 10.2 Å². The highest BCUT2D eigenvalue weighted by atomic mass is 32.2. The molecule has 0 aliphatic heterocycles. The third-order valence-corrected chi connectivity index (χ3v) is 2.85. The van der Waals surface area contributed by atoms with Crippen LogP contribution in [0.15, 0.2) is 6.07 Å². The Bertz CT molecular complexity index is 463. The Hall–Kier alpha value is -1.25. The summed E-state index contributed by atoms with van der Waals surface area (Å²) < 4.78 is 58.7. The molecule has 0 amide bonds. The third-order valence-electron chi connectivity index (χ3n) is 1.76. The minimum absolute atomic E-state index is 0.0108. The molecule has 0 saturated carbocycles. The van der Waals surface area contributed by atoms with Gasteiger partial charge in [0.05, 0.1) is 0 Å². The van der Waals surface area contributed by atoms with Crippen LogP contribution in [-0.4, -0.2) is 24.1 Å². The van der Waals surface area contributed by atoms with Crippen LogP contribution >= 0.6 is 0 Å². The molecule has 1 heterocycles. The van der Waals surface area contributed by atoms with E-state index in [1.807, 2.05) is 0 Å². The van der Waals surface area contributed by atoms with Crippen molar-refractivity contribution in [3.05, 3.63) is 11.8 Å². The van der Waals surface area contributed by atoms with E-state index in [0.717, 1.165) is 0 Å². The zero-order chi connectivity index (χ0) is 12.6. The van der Waals surface area contributed by atoms with Crippen LogP contribution in [0.2, 0.25) is 0 Å². The summed E-state index contributed by atoms with van der Waals surface area (Å²) in [5, 5.41) is 5.86. The average Bonchev–Trinajstić information content (AvgIpc) is 2.49. The minimum atomic E-state index is -5.40. The summed E-state index contributed by atoms with van der Waals surface area (Å²) in [4.78, 5) is 0. The van der Waals surface area contributed by atoms with Gasteiger partial charge in [0.2, 0.25) is 0 Å². The number of hydrogen-bond donors (Lipinski definition) is 2. The molecule has 0 bridgehead atoms. The molecule has 92 valence electrons. The average molecular weight is 257 g/mol. The number of aromatic nitrogens is 2. The molecule has 0 fully saturated rings. The predicted octanol–water partition coefficient (Wildman–Crippen LogP) is 1.79. The maximum atomic E-state index is 12.0. The third kappa shape index (κ3) is 2.65. The van der Waals surface area contributed by atoms with Crippen molar-refractivity contribution in [2.24, 2.45) is 0 Å². The van der Waals surface area contributed by atoms with Crippen LogP contribution in [0.1, 0.15) is 25.5 Å². The van der Waals surface area contributed by atoms with Crippen molar-refractivity contribution in [2.45, 2.75) is 25.3 Å². The van der Waals surface area contributed by atoms with Crippen molar-refractivity contribution in [2.75, 3.05) is 4.72 Å². The lowest BCUT2D eigenvalue weighted by Gasteiger charge is -2.07. The summed E-state index contributed by atoms with van der Waals surface area (Å²) in [7, 11) is -5.40. The second-order valence-electron chi connectivity index (χ2n) is 3.41. The van der Waals surface area contributed by atoms with Crippen LogP contribution in [0.25, 0.3) is 0 Å². The fourth-order valence-electron chi connectivity index (χ4n) is 0.880. The highest BCUT2D eigenvalue weighted by molar-refractivity contribution is 7.93. The van der Waals surface area contributed by atoms with Gasteiger partial charge in [-0.3, -0.25) is 9.82 Å². The molecule has 5 nitrogen and oxygen atoms in total. The van der Waals surface area contributed by atoms with E-state index in [9.17, 15) is 21.6 Å². The number of halogens is 3. The first kappa shape index (κ1) is 12.8. The molecule has 9 heteroatoms. The number of nitrogens with zero attached hydrogens (tertiary/aromatic N) is 1. The van der Waals surface area contributed by atoms with Crippen molar-refractivity contribution < 1.29 is 21.6 Å². The fourth-order valence-corrected chi connectivity index (χ4v) is 1.38. The maximum absolute atomic E-state index is 12.0. The Kier molecular flexibility index (Phi) is 3.17. The minimum Gasteiger partial charge on any atom is -0.280 e. The quantitative estimate of drug-likeness (QED) is 0.866. The Morgan fingerprint density at radius 2 is 2.00 bits per heavy atom. The number of alkyl halides is 3. The van der Waals surface area contributed by atoms with Gasteiger partial charge in [0, 0.05) is 11.8 Å². The molecule has 2 N–H and O–H groups in total. The summed E-state index contributed by atoms with van der Waals surface area (Å²) in [6.45, 7) is 3.57. The molecule has 0 unspecified atom stereocenters. The lowest BCUT2D eigenvalue weighted by Crippen LogP contribution is -2.30. The number of anilines is 1. The molecule has 0 aliphatic rings. The van der Waals surface area contributed by atoms with E-state index in [-0.39, 0.29) is 11.7 Å². The van der Waals surface area contributed by atoms with Crippen LogP contribution in [-0.2, 0) is 10.0 Å². The van der Waals surface area contributed by atoms with E-state index in [1.165, 1.54) is 10.8 Å². The van der Waals surface area contributed by atoms with E-state index in [1.54, 1.807) is 13.8 Å². The Labute approximate surface area is 90.1 Å². The number of aromatic amines is 1. The predicted molar refractivity (Wildman–Crippen MR) is 51.3 cm³/mol. The highest BCUT2D eigenvalue weighted by Crippen LogP contribution is 2.25. The summed E-state index contributed by atoms with van der Waals surface area (Å²) >= 11 is 0. The van der Waals surface area contributed by atoms with E-state index in [4.69, 9.17) is 0 Å². The van der Waals surface area contributed by atoms with Gasteiger partial charge in [0.25, 0.3) is 0 Å². The molecule has 0 saturated heterocycles. The van der Waals surface area contributed by atoms with E-state index < -0.39 is 15.5 Å². The van der Waals surface area contributed by atoms with Crippen LogP contribution in [0.3, 0.4) is 0 Å². The maximum Gasteiger partial charge on any atom is 0.516 e. The van der Waals surface area contributed by atoms with E-state index in [0.29, 0.717) is 5.69 Å². The summed E-state index contributed by atoms with van der Waals surface area (Å²) in [5.41, 5.74) is -4.80. The number of H-pyrrole nitrogens is 1. The largest absolute Gasteiger partial charge is 0.516 e. The van der Waals surface area contributed by atoms with Gasteiger partial charge in [0.1, 0.15) is 0 Å². The van der Waals surface area contributed by atoms with Crippen LogP contribution < -0.4 is 4.72 Å². The van der Waals surface area contributed by atoms with Crippen LogP contribution in [0, 0.1) is 0 Å². The van der Waals surface area contributed by atoms with Gasteiger partial charge >= 0.3 is 15.5 Å². The van der Waals surface area contributed by atoms with E-state index in [2.05, 4.69) is 10.2 Å². The number of hydrogen-bond acceptors (Lipinski definition) is 3. The van der Waals surface area contributed by atoms with E-state index >= 15 is 0 Å².